The van der Waals surface area contributed by atoms with Gasteiger partial charge in [-0.2, -0.15) is 0 Å². The molecule has 1 fully saturated rings. The van der Waals surface area contributed by atoms with Crippen molar-refractivity contribution in [1.29, 1.82) is 0 Å². The largest absolute Gasteiger partial charge is 0.491 e. The van der Waals surface area contributed by atoms with Gasteiger partial charge in [0, 0.05) is 27.2 Å². The van der Waals surface area contributed by atoms with Crippen LogP contribution in [0.3, 0.4) is 0 Å². The molecule has 1 saturated carbocycles. The van der Waals surface area contributed by atoms with Crippen LogP contribution in [0.4, 0.5) is 4.39 Å². The normalized spacial score (nSPS) is 16.9. The van der Waals surface area contributed by atoms with Gasteiger partial charge in [-0.15, -0.1) is 0 Å². The third-order valence-corrected chi connectivity index (χ3v) is 5.07. The van der Waals surface area contributed by atoms with Crippen molar-refractivity contribution in [2.45, 2.75) is 38.7 Å². The van der Waals surface area contributed by atoms with E-state index in [1.165, 1.54) is 24.3 Å². The van der Waals surface area contributed by atoms with E-state index < -0.39 is 11.5 Å². The number of aliphatic imine (C=N–C) groups is 1. The Hall–Kier alpha value is -2.35. The second kappa shape index (κ2) is 11.0. The van der Waals surface area contributed by atoms with E-state index in [9.17, 15) is 14.3 Å². The molecule has 8 heteroatoms. The van der Waals surface area contributed by atoms with Crippen LogP contribution in [0.1, 0.15) is 32.6 Å². The number of halogens is 1. The molecule has 1 aromatic rings. The molecule has 1 aliphatic carbocycles. The zero-order valence-electron chi connectivity index (χ0n) is 17.6. The number of ether oxygens (including phenoxy) is 1. The van der Waals surface area contributed by atoms with Crippen molar-refractivity contribution < 1.29 is 19.0 Å². The maximum Gasteiger partial charge on any atom is 0.230 e. The Labute approximate surface area is 172 Å². The third kappa shape index (κ3) is 6.88. The summed E-state index contributed by atoms with van der Waals surface area (Å²) >= 11 is 0. The van der Waals surface area contributed by atoms with E-state index >= 15 is 0 Å². The highest BCUT2D eigenvalue weighted by molar-refractivity contribution is 5.84. The molecule has 162 valence electrons. The number of nitrogens with zero attached hydrogens (tertiary/aromatic N) is 2. The number of nitrogens with one attached hydrogen (secondary N) is 2. The fraction of sp³-hybridized carbons (Fsp3) is 0.619. The van der Waals surface area contributed by atoms with Crippen molar-refractivity contribution in [3.63, 3.8) is 0 Å². The quantitative estimate of drug-likeness (QED) is 0.428. The molecule has 1 amide bonds. The second-order valence-corrected chi connectivity index (χ2v) is 7.68. The molecule has 1 atom stereocenters. The zero-order chi connectivity index (χ0) is 21.3. The predicted molar refractivity (Wildman–Crippen MR) is 111 cm³/mol. The van der Waals surface area contributed by atoms with Crippen LogP contribution in [0.5, 0.6) is 5.75 Å². The minimum absolute atomic E-state index is 0.0705. The van der Waals surface area contributed by atoms with Crippen LogP contribution in [-0.2, 0) is 4.79 Å². The van der Waals surface area contributed by atoms with Gasteiger partial charge in [0.05, 0.1) is 12.0 Å². The Balaban J connectivity index is 1.89. The smallest absolute Gasteiger partial charge is 0.230 e. The Bertz CT molecular complexity index is 673. The summed E-state index contributed by atoms with van der Waals surface area (Å²) in [5, 5.41) is 16.4. The van der Waals surface area contributed by atoms with Gasteiger partial charge in [0.2, 0.25) is 5.91 Å². The summed E-state index contributed by atoms with van der Waals surface area (Å²) in [6, 6.07) is 5.65. The first-order valence-electron chi connectivity index (χ1n) is 10.2. The number of amides is 1. The number of hydrogen-bond acceptors (Lipinski definition) is 4. The zero-order valence-corrected chi connectivity index (χ0v) is 17.6. The van der Waals surface area contributed by atoms with Crippen LogP contribution in [0.2, 0.25) is 0 Å². The number of benzene rings is 1. The molecule has 0 heterocycles. The number of aliphatic hydroxyl groups is 1. The van der Waals surface area contributed by atoms with E-state index in [-0.39, 0.29) is 24.9 Å². The lowest BCUT2D eigenvalue weighted by molar-refractivity contribution is -0.138. The van der Waals surface area contributed by atoms with Gasteiger partial charge in [0.25, 0.3) is 0 Å². The summed E-state index contributed by atoms with van der Waals surface area (Å²) in [6.45, 7) is 3.36. The van der Waals surface area contributed by atoms with E-state index in [0.717, 1.165) is 25.7 Å². The average molecular weight is 409 g/mol. The highest BCUT2D eigenvalue weighted by atomic mass is 19.1. The number of guanidine groups is 1. The van der Waals surface area contributed by atoms with Crippen molar-refractivity contribution in [3.05, 3.63) is 30.1 Å². The Morgan fingerprint density at radius 3 is 2.52 bits per heavy atom. The standard InChI is InChI=1S/C21H33FN4O3/c1-4-23-20(25-15-21(11-5-6-12-21)19(28)26(2)3)24-13-17(27)14-29-18-9-7-16(22)8-10-18/h7-10,17,27H,4-6,11-15H2,1-3H3,(H2,23,24,25). The monoisotopic (exact) mass is 408 g/mol. The molecule has 7 nitrogen and oxygen atoms in total. The molecule has 2 rings (SSSR count). The Morgan fingerprint density at radius 2 is 1.93 bits per heavy atom. The molecule has 1 aliphatic rings. The van der Waals surface area contributed by atoms with Crippen LogP contribution in [-0.4, -0.2) is 68.3 Å². The third-order valence-electron chi connectivity index (χ3n) is 5.07. The van der Waals surface area contributed by atoms with E-state index in [1.54, 1.807) is 19.0 Å². The van der Waals surface area contributed by atoms with Gasteiger partial charge < -0.3 is 25.4 Å². The van der Waals surface area contributed by atoms with Gasteiger partial charge >= 0.3 is 0 Å². The summed E-state index contributed by atoms with van der Waals surface area (Å²) in [6.07, 6.45) is 3.01. The molecule has 3 N–H and O–H groups in total. The lowest BCUT2D eigenvalue weighted by Gasteiger charge is -2.29. The molecule has 0 aliphatic heterocycles. The van der Waals surface area contributed by atoms with Gasteiger partial charge in [-0.05, 0) is 44.0 Å². The first-order chi connectivity index (χ1) is 13.9. The number of rotatable bonds is 9. The SMILES string of the molecule is CCNC(=NCC1(C(=O)N(C)C)CCCC1)NCC(O)COc1ccc(F)cc1. The number of carbonyl (C=O) groups is 1. The summed E-state index contributed by atoms with van der Waals surface area (Å²) < 4.78 is 18.4. The number of hydrogen-bond donors (Lipinski definition) is 3. The molecular formula is C21H33FN4O3. The number of aliphatic hydroxyl groups excluding tert-OH is 1. The molecule has 29 heavy (non-hydrogen) atoms. The first kappa shape index (κ1) is 22.9. The van der Waals surface area contributed by atoms with Crippen molar-refractivity contribution in [2.24, 2.45) is 10.4 Å². The van der Waals surface area contributed by atoms with Crippen LogP contribution in [0, 0.1) is 11.2 Å². The minimum Gasteiger partial charge on any atom is -0.491 e. The highest BCUT2D eigenvalue weighted by Crippen LogP contribution is 2.39. The Kier molecular flexibility index (Phi) is 8.70. The fourth-order valence-electron chi connectivity index (χ4n) is 3.53. The van der Waals surface area contributed by atoms with Crippen molar-refractivity contribution in [3.8, 4) is 5.75 Å². The van der Waals surface area contributed by atoms with Crippen molar-refractivity contribution in [1.82, 2.24) is 15.5 Å². The maximum absolute atomic E-state index is 12.9. The number of carbonyl (C=O) groups excluding carboxylic acids is 1. The lowest BCUT2D eigenvalue weighted by Crippen LogP contribution is -2.45. The molecule has 0 saturated heterocycles. The Morgan fingerprint density at radius 1 is 1.28 bits per heavy atom. The molecular weight excluding hydrogens is 375 g/mol. The second-order valence-electron chi connectivity index (χ2n) is 7.68. The minimum atomic E-state index is -0.771. The first-order valence-corrected chi connectivity index (χ1v) is 10.2. The topological polar surface area (TPSA) is 86.2 Å². The van der Waals surface area contributed by atoms with E-state index in [2.05, 4.69) is 15.6 Å². The highest BCUT2D eigenvalue weighted by Gasteiger charge is 2.42. The molecule has 0 radical (unpaired) electrons. The summed E-state index contributed by atoms with van der Waals surface area (Å²) in [4.78, 5) is 19.0. The summed E-state index contributed by atoms with van der Waals surface area (Å²) in [5.41, 5.74) is -0.434. The molecule has 1 aromatic carbocycles. The maximum atomic E-state index is 12.9. The van der Waals surface area contributed by atoms with Crippen molar-refractivity contribution >= 4 is 11.9 Å². The van der Waals surface area contributed by atoms with Crippen LogP contribution in [0.15, 0.2) is 29.3 Å². The average Bonchev–Trinajstić information content (AvgIpc) is 3.19. The van der Waals surface area contributed by atoms with Gasteiger partial charge in [-0.3, -0.25) is 9.79 Å². The van der Waals surface area contributed by atoms with Crippen molar-refractivity contribution in [2.75, 3.05) is 40.3 Å². The molecule has 1 unspecified atom stereocenters. The van der Waals surface area contributed by atoms with Gasteiger partial charge in [0.1, 0.15) is 24.3 Å². The molecule has 0 bridgehead atoms. The lowest BCUT2D eigenvalue weighted by atomic mass is 9.85. The van der Waals surface area contributed by atoms with Gasteiger partial charge in [0.15, 0.2) is 5.96 Å². The van der Waals surface area contributed by atoms with Crippen LogP contribution >= 0.6 is 0 Å². The van der Waals surface area contributed by atoms with E-state index in [1.807, 2.05) is 6.92 Å². The fourth-order valence-corrected chi connectivity index (χ4v) is 3.53. The van der Waals surface area contributed by atoms with E-state index in [4.69, 9.17) is 4.74 Å². The van der Waals surface area contributed by atoms with Crippen LogP contribution in [0.25, 0.3) is 0 Å². The van der Waals surface area contributed by atoms with Gasteiger partial charge in [-0.1, -0.05) is 12.8 Å². The summed E-state index contributed by atoms with van der Waals surface area (Å²) in [7, 11) is 3.57. The predicted octanol–water partition coefficient (Wildman–Crippen LogP) is 1.77. The molecule has 0 aromatic heterocycles. The summed E-state index contributed by atoms with van der Waals surface area (Å²) in [5.74, 6) is 0.851. The van der Waals surface area contributed by atoms with Gasteiger partial charge in [-0.25, -0.2) is 4.39 Å². The molecule has 0 spiro atoms. The van der Waals surface area contributed by atoms with Crippen LogP contribution < -0.4 is 15.4 Å². The van der Waals surface area contributed by atoms with E-state index in [0.29, 0.717) is 24.8 Å².